The smallest absolute Gasteiger partial charge is 0.167 e. The lowest BCUT2D eigenvalue weighted by Crippen LogP contribution is -2.09. The molecule has 0 bridgehead atoms. The van der Waals surface area contributed by atoms with Crippen LogP contribution in [0.3, 0.4) is 0 Å². The Morgan fingerprint density at radius 2 is 0.395 bits per heavy atom. The van der Waals surface area contributed by atoms with Crippen molar-refractivity contribution in [2.75, 3.05) is 0 Å². The van der Waals surface area contributed by atoms with Crippen molar-refractivity contribution in [3.63, 3.8) is 0 Å². The molecular formula is C96H60N18. The predicted octanol–water partition coefficient (Wildman–Crippen LogP) is 21.0. The summed E-state index contributed by atoms with van der Waals surface area (Å²) in [6, 6.07) is 111. The number of nitriles is 1. The van der Waals surface area contributed by atoms with Crippen molar-refractivity contribution in [1.82, 2.24) is 83.9 Å². The molecule has 0 saturated heterocycles. The fourth-order valence-electron chi connectivity index (χ4n) is 14.8. The van der Waals surface area contributed by atoms with Gasteiger partial charge in [0.15, 0.2) is 75.7 Å². The summed E-state index contributed by atoms with van der Waals surface area (Å²) >= 11 is 0. The van der Waals surface area contributed by atoms with Gasteiger partial charge in [0.2, 0.25) is 0 Å². The zero-order chi connectivity index (χ0) is 76.2. The lowest BCUT2D eigenvalue weighted by atomic mass is 10.0. The molecule has 7 aromatic heterocycles. The molecule has 534 valence electrons. The van der Waals surface area contributed by atoms with Crippen LogP contribution in [-0.4, -0.2) is 83.9 Å². The molecule has 0 aliphatic carbocycles. The van der Waals surface area contributed by atoms with Crippen molar-refractivity contribution < 1.29 is 0 Å². The van der Waals surface area contributed by atoms with Crippen molar-refractivity contribution in [3.8, 4) is 165 Å². The minimum absolute atomic E-state index is 0.320. The Balaban J connectivity index is 0.904. The van der Waals surface area contributed by atoms with E-state index in [9.17, 15) is 5.26 Å². The quantitative estimate of drug-likeness (QED) is 0.0929. The second kappa shape index (κ2) is 28.5. The fourth-order valence-corrected chi connectivity index (χ4v) is 14.8. The van der Waals surface area contributed by atoms with Crippen molar-refractivity contribution in [2.45, 2.75) is 13.8 Å². The molecule has 20 rings (SSSR count). The Labute approximate surface area is 653 Å². The summed E-state index contributed by atoms with van der Waals surface area (Å²) < 4.78 is 4.40. The first kappa shape index (κ1) is 67.4. The van der Waals surface area contributed by atoms with Gasteiger partial charge in [0.05, 0.1) is 50.6 Å². The maximum atomic E-state index is 12.0. The Hall–Kier alpha value is -16.0. The molecule has 18 nitrogen and oxygen atoms in total. The Morgan fingerprint density at radius 1 is 0.202 bits per heavy atom. The minimum atomic E-state index is 0.320. The first-order valence-corrected chi connectivity index (χ1v) is 37.2. The van der Waals surface area contributed by atoms with Gasteiger partial charge in [-0.25, -0.2) is 74.8 Å². The number of hydrogen-bond acceptors (Lipinski definition) is 16. The van der Waals surface area contributed by atoms with Gasteiger partial charge in [-0.3, -0.25) is 0 Å². The summed E-state index contributed by atoms with van der Waals surface area (Å²) in [5, 5.41) is 15.5. The average molecular weight is 1470 g/mol. The highest BCUT2D eigenvalue weighted by Crippen LogP contribution is 2.46. The summed E-state index contributed by atoms with van der Waals surface area (Å²) in [6.07, 6.45) is 0. The normalized spacial score (nSPS) is 11.4. The molecule has 0 unspecified atom stereocenters. The summed E-state index contributed by atoms with van der Waals surface area (Å²) in [5.41, 5.74) is 14.3. The van der Waals surface area contributed by atoms with Gasteiger partial charge < -0.3 is 9.13 Å². The number of aryl methyl sites for hydroxylation is 2. The Kier molecular flexibility index (Phi) is 16.9. The predicted molar refractivity (Wildman–Crippen MR) is 447 cm³/mol. The van der Waals surface area contributed by atoms with Crippen LogP contribution in [0.15, 0.2) is 328 Å². The number of benzene rings is 13. The highest BCUT2D eigenvalue weighted by molar-refractivity contribution is 6.14. The Morgan fingerprint density at radius 3 is 0.588 bits per heavy atom. The molecule has 0 N–H and O–H groups in total. The SMILES string of the molecule is Cc1nc(C)nc(-c2c(-n3c4cc(-c5nc(-c6ccccc6)nc(-c6ccccc6)n5)ccc4c4ccc(-c5nc(-c6ccccc6)nc(-c6ccccc6)n5)cc43)cc(C#N)cc2-n2c3cc(-c4nc(-c5ccccc5)nc(-c5ccccc5)n4)ccc3c3ccc(-c4nc(-c5ccccc5)nc(-c5ccccc5)n4)cc32)n1. The van der Waals surface area contributed by atoms with Crippen LogP contribution in [0.5, 0.6) is 0 Å². The lowest BCUT2D eigenvalue weighted by Gasteiger charge is -2.20. The number of fused-ring (bicyclic) bond motifs is 6. The summed E-state index contributed by atoms with van der Waals surface area (Å²) in [7, 11) is 0. The van der Waals surface area contributed by atoms with Gasteiger partial charge in [0.1, 0.15) is 11.6 Å². The fraction of sp³-hybridized carbons (Fsp3) is 0.0208. The molecule has 0 saturated carbocycles. The molecule has 20 aromatic rings. The van der Waals surface area contributed by atoms with E-state index in [0.29, 0.717) is 132 Å². The zero-order valence-corrected chi connectivity index (χ0v) is 61.2. The molecule has 0 spiro atoms. The van der Waals surface area contributed by atoms with E-state index in [1.54, 1.807) is 0 Å². The maximum Gasteiger partial charge on any atom is 0.167 e. The number of aromatic nitrogens is 17. The molecule has 0 fully saturated rings. The van der Waals surface area contributed by atoms with Gasteiger partial charge in [-0.05, 0) is 50.2 Å². The third kappa shape index (κ3) is 12.6. The molecule has 7 heterocycles. The monoisotopic (exact) mass is 1460 g/mol. The van der Waals surface area contributed by atoms with Gasteiger partial charge in [0, 0.05) is 88.3 Å². The second-order valence-corrected chi connectivity index (χ2v) is 27.5. The van der Waals surface area contributed by atoms with Crippen LogP contribution < -0.4 is 0 Å². The second-order valence-electron chi connectivity index (χ2n) is 27.5. The van der Waals surface area contributed by atoms with Crippen molar-refractivity contribution in [1.29, 1.82) is 5.26 Å². The van der Waals surface area contributed by atoms with E-state index in [0.717, 1.165) is 88.1 Å². The number of hydrogen-bond donors (Lipinski definition) is 0. The third-order valence-corrected chi connectivity index (χ3v) is 20.2. The molecule has 0 aliphatic heterocycles. The van der Waals surface area contributed by atoms with Crippen LogP contribution in [0.4, 0.5) is 0 Å². The van der Waals surface area contributed by atoms with E-state index in [-0.39, 0.29) is 0 Å². The zero-order valence-electron chi connectivity index (χ0n) is 61.2. The molecular weight excluding hydrogens is 1410 g/mol. The number of rotatable bonds is 15. The van der Waals surface area contributed by atoms with Gasteiger partial charge >= 0.3 is 0 Å². The Bertz CT molecular complexity index is 6150. The summed E-state index contributed by atoms with van der Waals surface area (Å²) in [6.45, 7) is 3.74. The topological polar surface area (TPSA) is 227 Å². The molecule has 0 atom stereocenters. The van der Waals surface area contributed by atoms with E-state index in [4.69, 9.17) is 74.8 Å². The van der Waals surface area contributed by atoms with Crippen LogP contribution in [0.1, 0.15) is 17.2 Å². The first-order chi connectivity index (χ1) is 56.2. The van der Waals surface area contributed by atoms with Gasteiger partial charge in [-0.1, -0.05) is 291 Å². The highest BCUT2D eigenvalue weighted by Gasteiger charge is 2.29. The van der Waals surface area contributed by atoms with Crippen LogP contribution >= 0.6 is 0 Å². The van der Waals surface area contributed by atoms with E-state index in [2.05, 4.69) is 88.0 Å². The van der Waals surface area contributed by atoms with Crippen molar-refractivity contribution >= 4 is 43.6 Å². The highest BCUT2D eigenvalue weighted by atomic mass is 15.1. The minimum Gasteiger partial charge on any atom is -0.308 e. The molecule has 0 amide bonds. The first-order valence-electron chi connectivity index (χ1n) is 37.2. The van der Waals surface area contributed by atoms with Crippen LogP contribution in [0.25, 0.3) is 203 Å². The van der Waals surface area contributed by atoms with E-state index in [1.807, 2.05) is 269 Å². The number of nitrogens with zero attached hydrogens (tertiary/aromatic N) is 18. The third-order valence-electron chi connectivity index (χ3n) is 20.2. The van der Waals surface area contributed by atoms with Crippen LogP contribution in [-0.2, 0) is 0 Å². The molecule has 114 heavy (non-hydrogen) atoms. The van der Waals surface area contributed by atoms with E-state index in [1.165, 1.54) is 0 Å². The molecule has 0 aliphatic rings. The largest absolute Gasteiger partial charge is 0.308 e. The van der Waals surface area contributed by atoms with E-state index < -0.39 is 0 Å². The molecule has 18 heteroatoms. The van der Waals surface area contributed by atoms with Gasteiger partial charge in [0.25, 0.3) is 0 Å². The maximum absolute atomic E-state index is 12.0. The van der Waals surface area contributed by atoms with Gasteiger partial charge in [-0.2, -0.15) is 5.26 Å². The molecule has 0 radical (unpaired) electrons. The van der Waals surface area contributed by atoms with Crippen LogP contribution in [0.2, 0.25) is 0 Å². The lowest BCUT2D eigenvalue weighted by molar-refractivity contribution is 0.924. The van der Waals surface area contributed by atoms with Gasteiger partial charge in [-0.15, -0.1) is 0 Å². The summed E-state index contributed by atoms with van der Waals surface area (Å²) in [5.74, 6) is 7.10. The van der Waals surface area contributed by atoms with Crippen LogP contribution in [0, 0.1) is 25.2 Å². The summed E-state index contributed by atoms with van der Waals surface area (Å²) in [4.78, 5) is 78.2. The van der Waals surface area contributed by atoms with Crippen molar-refractivity contribution in [2.24, 2.45) is 0 Å². The van der Waals surface area contributed by atoms with E-state index >= 15 is 0 Å². The standard InChI is InChI=1S/C96H60N18/c1-58-98-59(2)100-96(99-58)83-81(113-77-53-69(92-105-84(61-27-11-3-12-28-61)101-85(106-92)62-29-13-4-14-30-62)43-47-73(77)74-48-44-70(54-78(74)113)93-107-86(63-31-15-5-16-32-63)102-87(108-93)64-33-17-6-18-34-64)51-60(57-97)52-82(83)114-79-55-71(94-109-88(65-35-19-7-20-36-65)103-89(110-94)66-37-21-8-22-38-66)45-49-75(79)76-50-46-72(56-80(76)114)95-111-90(67-39-23-9-24-40-67)104-91(112-95)68-41-25-10-26-42-68/h3-56H,1-2H3. The molecule has 13 aromatic carbocycles. The average Bonchev–Trinajstić information content (AvgIpc) is 1.56. The van der Waals surface area contributed by atoms with Crippen molar-refractivity contribution in [3.05, 3.63) is 345 Å².